The summed E-state index contributed by atoms with van der Waals surface area (Å²) in [5.41, 5.74) is 3.80. The number of aromatic nitrogens is 4. The van der Waals surface area contributed by atoms with Crippen LogP contribution in [0.25, 0.3) is 11.4 Å². The molecule has 0 saturated carbocycles. The number of fused-ring (bicyclic) bond motifs is 1. The van der Waals surface area contributed by atoms with Crippen LogP contribution in [0.3, 0.4) is 0 Å². The number of pyridine rings is 1. The van der Waals surface area contributed by atoms with E-state index in [-0.39, 0.29) is 28.0 Å². The fourth-order valence-electron chi connectivity index (χ4n) is 5.18. The molecule has 4 heterocycles. The molecule has 45 heavy (non-hydrogen) atoms. The number of carbonyl (C=O) groups excluding carboxylic acids is 2. The van der Waals surface area contributed by atoms with Crippen molar-refractivity contribution < 1.29 is 23.8 Å². The summed E-state index contributed by atoms with van der Waals surface area (Å²) in [5, 5.41) is 20.5. The summed E-state index contributed by atoms with van der Waals surface area (Å²) in [4.78, 5) is 33.4. The molecule has 1 amide bonds. The number of benzene rings is 2. The molecule has 1 aliphatic heterocycles. The zero-order valence-electron chi connectivity index (χ0n) is 24.9. The quantitative estimate of drug-likeness (QED) is 0.0431. The lowest BCUT2D eigenvalue weighted by atomic mass is 9.96. The largest absolute Gasteiger partial charge is 0.505 e. The minimum absolute atomic E-state index is 0.0838. The van der Waals surface area contributed by atoms with Gasteiger partial charge in [0.05, 0.1) is 23.9 Å². The van der Waals surface area contributed by atoms with Gasteiger partial charge in [0, 0.05) is 11.9 Å². The van der Waals surface area contributed by atoms with Crippen LogP contribution in [0.1, 0.15) is 53.9 Å². The van der Waals surface area contributed by atoms with Gasteiger partial charge in [-0.3, -0.25) is 14.5 Å². The number of amides is 1. The van der Waals surface area contributed by atoms with Gasteiger partial charge in [0.15, 0.2) is 10.1 Å². The maximum atomic E-state index is 13.7. The van der Waals surface area contributed by atoms with Gasteiger partial charge in [0.1, 0.15) is 22.9 Å². The van der Waals surface area contributed by atoms with Crippen molar-refractivity contribution in [3.05, 3.63) is 106 Å². The second kappa shape index (κ2) is 12.8. The normalized spacial score (nSPS) is 16.2. The minimum Gasteiger partial charge on any atom is -0.505 e. The molecule has 5 aromatic rings. The molecule has 6 rings (SSSR count). The van der Waals surface area contributed by atoms with E-state index in [9.17, 15) is 19.1 Å². The van der Waals surface area contributed by atoms with Crippen LogP contribution >= 0.6 is 23.1 Å². The maximum absolute atomic E-state index is 13.7. The number of ether oxygens (including phenoxy) is 1. The summed E-state index contributed by atoms with van der Waals surface area (Å²) in [7, 11) is 0. The highest BCUT2D eigenvalue weighted by Gasteiger charge is 2.49. The van der Waals surface area contributed by atoms with Crippen molar-refractivity contribution in [2.24, 2.45) is 0 Å². The van der Waals surface area contributed by atoms with E-state index in [0.29, 0.717) is 39.4 Å². The topological polar surface area (TPSA) is 110 Å². The van der Waals surface area contributed by atoms with Crippen LogP contribution in [0.2, 0.25) is 0 Å². The fourth-order valence-corrected chi connectivity index (χ4v) is 7.01. The number of imidazole rings is 1. The highest BCUT2D eigenvalue weighted by molar-refractivity contribution is 8.00. The highest BCUT2D eigenvalue weighted by atomic mass is 32.2. The molecular formula is C33H30FN5O4S2. The predicted octanol–water partition coefficient (Wildman–Crippen LogP) is 7.04. The summed E-state index contributed by atoms with van der Waals surface area (Å²) >= 11 is 2.55. The van der Waals surface area contributed by atoms with Crippen molar-refractivity contribution in [2.45, 2.75) is 49.7 Å². The van der Waals surface area contributed by atoms with Crippen LogP contribution in [0.4, 0.5) is 9.52 Å². The first-order chi connectivity index (χ1) is 21.8. The first-order valence-electron chi connectivity index (χ1n) is 14.5. The number of aliphatic hydroxyl groups is 1. The van der Waals surface area contributed by atoms with Gasteiger partial charge in [0.25, 0.3) is 5.78 Å². The lowest BCUT2D eigenvalue weighted by molar-refractivity contribution is -0.132. The molecule has 9 nitrogen and oxygen atoms in total. The van der Waals surface area contributed by atoms with E-state index in [1.807, 2.05) is 29.7 Å². The number of thioether (sulfide) groups is 1. The molecule has 0 radical (unpaired) electrons. The van der Waals surface area contributed by atoms with E-state index in [4.69, 9.17) is 4.74 Å². The molecule has 0 bridgehead atoms. The Morgan fingerprint density at radius 1 is 1.07 bits per heavy atom. The number of rotatable bonds is 10. The van der Waals surface area contributed by atoms with E-state index in [0.717, 1.165) is 35.3 Å². The average molecular weight is 644 g/mol. The number of Topliss-reactive ketones (excluding diaryl/α,β-unsaturated/α-hetero) is 1. The van der Waals surface area contributed by atoms with Gasteiger partial charge < -0.3 is 14.2 Å². The van der Waals surface area contributed by atoms with Gasteiger partial charge in [0.2, 0.25) is 5.13 Å². The molecule has 1 fully saturated rings. The van der Waals surface area contributed by atoms with Crippen LogP contribution in [0.5, 0.6) is 5.75 Å². The second-order valence-corrected chi connectivity index (χ2v) is 12.8. The molecule has 1 atom stereocenters. The van der Waals surface area contributed by atoms with E-state index in [2.05, 4.69) is 22.1 Å². The number of halogens is 1. The maximum Gasteiger partial charge on any atom is 0.301 e. The van der Waals surface area contributed by atoms with Gasteiger partial charge in [-0.15, -0.1) is 10.2 Å². The third-order valence-corrected chi connectivity index (χ3v) is 9.72. The van der Waals surface area contributed by atoms with E-state index >= 15 is 0 Å². The Morgan fingerprint density at radius 3 is 2.53 bits per heavy atom. The number of hydrogen-bond acceptors (Lipinski definition) is 9. The highest BCUT2D eigenvalue weighted by Crippen LogP contribution is 2.44. The van der Waals surface area contributed by atoms with Crippen LogP contribution in [-0.4, -0.2) is 43.0 Å². The monoisotopic (exact) mass is 643 g/mol. The second-order valence-electron chi connectivity index (χ2n) is 10.6. The van der Waals surface area contributed by atoms with Crippen LogP contribution in [0, 0.1) is 19.7 Å². The Kier molecular flexibility index (Phi) is 8.68. The van der Waals surface area contributed by atoms with Crippen molar-refractivity contribution in [2.75, 3.05) is 11.5 Å². The molecule has 1 saturated heterocycles. The first-order valence-corrected chi connectivity index (χ1v) is 16.3. The molecule has 230 valence electrons. The molecule has 0 aliphatic carbocycles. The number of anilines is 1. The Hall–Kier alpha value is -4.55. The summed E-state index contributed by atoms with van der Waals surface area (Å²) in [6.45, 7) is 6.37. The smallest absolute Gasteiger partial charge is 0.301 e. The molecule has 3 aromatic heterocycles. The van der Waals surface area contributed by atoms with Gasteiger partial charge in [-0.1, -0.05) is 66.8 Å². The van der Waals surface area contributed by atoms with Gasteiger partial charge in [-0.2, -0.15) is 0 Å². The number of aryl methyl sites for hydroxylation is 2. The van der Waals surface area contributed by atoms with Crippen LogP contribution in [0.15, 0.2) is 76.8 Å². The lowest BCUT2D eigenvalue weighted by Crippen LogP contribution is -2.29. The lowest BCUT2D eigenvalue weighted by Gasteiger charge is -2.22. The van der Waals surface area contributed by atoms with E-state index < -0.39 is 17.7 Å². The molecule has 2 aromatic carbocycles. The van der Waals surface area contributed by atoms with Gasteiger partial charge in [-0.25, -0.2) is 9.37 Å². The molecule has 1 N–H and O–H groups in total. The van der Waals surface area contributed by atoms with Gasteiger partial charge >= 0.3 is 5.91 Å². The Bertz CT molecular complexity index is 1920. The molecular weight excluding hydrogens is 614 g/mol. The minimum atomic E-state index is -0.983. The fraction of sp³-hybridized carbons (Fsp3) is 0.242. The third-order valence-electron chi connectivity index (χ3n) is 7.59. The van der Waals surface area contributed by atoms with Crippen molar-refractivity contribution >= 4 is 51.3 Å². The summed E-state index contributed by atoms with van der Waals surface area (Å²) < 4.78 is 21.6. The summed E-state index contributed by atoms with van der Waals surface area (Å²) in [5.74, 6) is -1.17. The predicted molar refractivity (Wildman–Crippen MR) is 172 cm³/mol. The van der Waals surface area contributed by atoms with Crippen molar-refractivity contribution in [1.29, 1.82) is 0 Å². The van der Waals surface area contributed by atoms with E-state index in [1.54, 1.807) is 43.3 Å². The van der Waals surface area contributed by atoms with Crippen LogP contribution < -0.4 is 9.64 Å². The number of aliphatic hydroxyl groups excluding tert-OH is 1. The molecule has 12 heteroatoms. The number of nitrogens with zero attached hydrogens (tertiary/aromatic N) is 5. The number of hydrogen-bond donors (Lipinski definition) is 1. The molecule has 1 aliphatic rings. The third kappa shape index (κ3) is 5.95. The Morgan fingerprint density at radius 2 is 1.82 bits per heavy atom. The summed E-state index contributed by atoms with van der Waals surface area (Å²) in [6, 6.07) is 16.1. The first kappa shape index (κ1) is 30.5. The average Bonchev–Trinajstić information content (AvgIpc) is 3.72. The van der Waals surface area contributed by atoms with Crippen molar-refractivity contribution in [3.63, 3.8) is 0 Å². The zero-order chi connectivity index (χ0) is 31.7. The van der Waals surface area contributed by atoms with Crippen molar-refractivity contribution in [3.8, 4) is 5.75 Å². The molecule has 0 spiro atoms. The zero-order valence-corrected chi connectivity index (χ0v) is 26.5. The Balaban J connectivity index is 1.40. The standard InChI is InChI=1S/C33H30FN5O4S2/c1-4-5-17-43-24-14-10-22(11-15-24)27-25(28(40)26-20(3)38-16-6-7-19(2)30(38)35-26)29(41)31(42)39(27)32-36-37-33(45-32)44-18-21-8-12-23(34)13-9-21/h6-16,27,40H,4-5,17-18H2,1-3H3/b28-25+. The number of carbonyl (C=O) groups is 2. The van der Waals surface area contributed by atoms with Crippen molar-refractivity contribution in [1.82, 2.24) is 19.6 Å². The SMILES string of the molecule is CCCCOc1ccc(C2/C(=C(\O)c3nc4c(C)cccn4c3C)C(=O)C(=O)N2c2nnc(SCc3ccc(F)cc3)s2)cc1. The molecule has 1 unspecified atom stereocenters. The number of ketones is 1. The van der Waals surface area contributed by atoms with Gasteiger partial charge in [-0.05, 0) is 67.3 Å². The van der Waals surface area contributed by atoms with E-state index in [1.165, 1.54) is 28.8 Å². The summed E-state index contributed by atoms with van der Waals surface area (Å²) in [6.07, 6.45) is 3.75. The van der Waals surface area contributed by atoms with Crippen LogP contribution in [-0.2, 0) is 15.3 Å². The Labute approximate surface area is 267 Å². The number of unbranched alkanes of at least 4 members (excludes halogenated alkanes) is 1.